The number of hydrogen-bond donors (Lipinski definition) is 0. The van der Waals surface area contributed by atoms with Crippen LogP contribution in [-0.2, 0) is 19.5 Å². The lowest BCUT2D eigenvalue weighted by molar-refractivity contribution is -0.0956. The first-order valence-electron chi connectivity index (χ1n) is 9.70. The Labute approximate surface area is 171 Å². The molecule has 0 aromatic heterocycles. The van der Waals surface area contributed by atoms with Crippen LogP contribution in [0.25, 0.3) is 0 Å². The molecule has 0 bridgehead atoms. The van der Waals surface area contributed by atoms with Crippen molar-refractivity contribution in [2.45, 2.75) is 37.9 Å². The van der Waals surface area contributed by atoms with Gasteiger partial charge in [-0.1, -0.05) is 25.4 Å². The number of carbonyl (C=O) groups is 1. The number of amides is 1. The van der Waals surface area contributed by atoms with Gasteiger partial charge in [0.2, 0.25) is 10.0 Å². The summed E-state index contributed by atoms with van der Waals surface area (Å²) in [7, 11) is -3.65. The smallest absolute Gasteiger partial charge is 0.255 e. The molecule has 0 spiro atoms. The summed E-state index contributed by atoms with van der Waals surface area (Å²) in [5.74, 6) is 0.0321. The predicted molar refractivity (Wildman–Crippen MR) is 106 cm³/mol. The molecule has 0 unspecified atom stereocenters. The van der Waals surface area contributed by atoms with Gasteiger partial charge in [-0.15, -0.1) is 0 Å². The van der Waals surface area contributed by atoms with Crippen molar-refractivity contribution >= 4 is 27.5 Å². The quantitative estimate of drug-likeness (QED) is 0.693. The van der Waals surface area contributed by atoms with Gasteiger partial charge in [-0.3, -0.25) is 4.79 Å². The molecule has 9 heteroatoms. The summed E-state index contributed by atoms with van der Waals surface area (Å²) in [5.41, 5.74) is 0.224. The Hall–Kier alpha value is -1.19. The Morgan fingerprint density at radius 3 is 2.36 bits per heavy atom. The lowest BCUT2D eigenvalue weighted by atomic mass is 9.95. The molecule has 2 heterocycles. The molecule has 28 heavy (non-hydrogen) atoms. The monoisotopic (exact) mass is 430 g/mol. The summed E-state index contributed by atoms with van der Waals surface area (Å²) in [6, 6.07) is 4.33. The van der Waals surface area contributed by atoms with E-state index >= 15 is 0 Å². The van der Waals surface area contributed by atoms with Crippen molar-refractivity contribution in [1.82, 2.24) is 9.21 Å². The third kappa shape index (κ3) is 4.36. The highest BCUT2D eigenvalue weighted by Crippen LogP contribution is 2.29. The normalized spacial score (nSPS) is 19.5. The number of sulfonamides is 1. The fourth-order valence-electron chi connectivity index (χ4n) is 3.74. The number of rotatable bonds is 6. The van der Waals surface area contributed by atoms with Gasteiger partial charge < -0.3 is 14.4 Å². The van der Waals surface area contributed by atoms with E-state index in [9.17, 15) is 13.2 Å². The Morgan fingerprint density at radius 2 is 1.79 bits per heavy atom. The second-order valence-electron chi connectivity index (χ2n) is 6.97. The van der Waals surface area contributed by atoms with E-state index in [2.05, 4.69) is 0 Å². The summed E-state index contributed by atoms with van der Waals surface area (Å²) < 4.78 is 38.1. The first-order valence-corrected chi connectivity index (χ1v) is 11.5. The molecule has 0 aliphatic carbocycles. The number of ether oxygens (including phenoxy) is 2. The van der Waals surface area contributed by atoms with Crippen LogP contribution in [0.2, 0.25) is 5.02 Å². The second kappa shape index (κ2) is 9.09. The van der Waals surface area contributed by atoms with Crippen molar-refractivity contribution in [1.29, 1.82) is 0 Å². The summed E-state index contributed by atoms with van der Waals surface area (Å²) in [6.07, 6.45) is 1.39. The third-order valence-electron chi connectivity index (χ3n) is 5.37. The van der Waals surface area contributed by atoms with Crippen molar-refractivity contribution < 1.29 is 22.7 Å². The van der Waals surface area contributed by atoms with E-state index in [-0.39, 0.29) is 33.6 Å². The SMILES string of the molecule is CCN(CC)S(=O)(=O)c1ccc(Cl)c(C(=O)N2CCC(C3OCCO3)CC2)c1. The minimum atomic E-state index is -3.65. The van der Waals surface area contributed by atoms with Crippen molar-refractivity contribution in [3.8, 4) is 0 Å². The molecular weight excluding hydrogens is 404 g/mol. The standard InChI is InChI=1S/C19H27ClN2O5S/c1-3-22(4-2)28(24,25)15-5-6-17(20)16(13-15)18(23)21-9-7-14(8-10-21)19-26-11-12-27-19/h5-6,13-14,19H,3-4,7-12H2,1-2H3. The number of hydrogen-bond acceptors (Lipinski definition) is 5. The summed E-state index contributed by atoms with van der Waals surface area (Å²) in [5, 5.41) is 0.257. The van der Waals surface area contributed by atoms with Gasteiger partial charge in [0, 0.05) is 32.1 Å². The summed E-state index contributed by atoms with van der Waals surface area (Å²) in [4.78, 5) is 14.8. The number of benzene rings is 1. The van der Waals surface area contributed by atoms with Crippen LogP contribution in [0, 0.1) is 5.92 Å². The average molecular weight is 431 g/mol. The Kier molecular flexibility index (Phi) is 6.98. The first kappa shape index (κ1) is 21.5. The van der Waals surface area contributed by atoms with Crippen LogP contribution in [0.5, 0.6) is 0 Å². The maximum Gasteiger partial charge on any atom is 0.255 e. The number of carbonyl (C=O) groups excluding carboxylic acids is 1. The molecule has 2 fully saturated rings. The molecule has 1 amide bonds. The Balaban J connectivity index is 1.75. The van der Waals surface area contributed by atoms with E-state index in [0.29, 0.717) is 39.4 Å². The molecule has 3 rings (SSSR count). The molecule has 0 radical (unpaired) electrons. The zero-order valence-corrected chi connectivity index (χ0v) is 17.8. The Bertz CT molecular complexity index is 799. The largest absolute Gasteiger partial charge is 0.350 e. The molecule has 0 saturated carbocycles. The van der Waals surface area contributed by atoms with Gasteiger partial charge in [0.1, 0.15) is 0 Å². The molecule has 1 aromatic carbocycles. The molecule has 2 aliphatic heterocycles. The molecule has 0 atom stereocenters. The molecule has 1 aromatic rings. The minimum Gasteiger partial charge on any atom is -0.350 e. The molecule has 7 nitrogen and oxygen atoms in total. The number of piperidine rings is 1. The van der Waals surface area contributed by atoms with E-state index in [4.69, 9.17) is 21.1 Å². The van der Waals surface area contributed by atoms with Gasteiger partial charge in [0.15, 0.2) is 6.29 Å². The first-order chi connectivity index (χ1) is 13.4. The van der Waals surface area contributed by atoms with Crippen molar-refractivity contribution in [2.24, 2.45) is 5.92 Å². The highest BCUT2D eigenvalue weighted by Gasteiger charge is 2.33. The van der Waals surface area contributed by atoms with Gasteiger partial charge in [0.25, 0.3) is 5.91 Å². The maximum absolute atomic E-state index is 13.0. The van der Waals surface area contributed by atoms with Crippen LogP contribution in [0.15, 0.2) is 23.1 Å². The average Bonchev–Trinajstić information content (AvgIpc) is 3.23. The van der Waals surface area contributed by atoms with Crippen LogP contribution in [-0.4, -0.2) is 69.2 Å². The van der Waals surface area contributed by atoms with Crippen LogP contribution < -0.4 is 0 Å². The van der Waals surface area contributed by atoms with Gasteiger partial charge in [-0.2, -0.15) is 4.31 Å². The molecule has 2 aliphatic rings. The van der Waals surface area contributed by atoms with Gasteiger partial charge in [-0.05, 0) is 31.0 Å². The number of nitrogens with zero attached hydrogens (tertiary/aromatic N) is 2. The van der Waals surface area contributed by atoms with E-state index in [1.165, 1.54) is 22.5 Å². The molecule has 156 valence electrons. The van der Waals surface area contributed by atoms with Crippen LogP contribution in [0.4, 0.5) is 0 Å². The lowest BCUT2D eigenvalue weighted by Gasteiger charge is -2.34. The van der Waals surface area contributed by atoms with Crippen molar-refractivity contribution in [2.75, 3.05) is 39.4 Å². The minimum absolute atomic E-state index is 0.0894. The van der Waals surface area contributed by atoms with E-state index < -0.39 is 10.0 Å². The van der Waals surface area contributed by atoms with Crippen LogP contribution in [0.1, 0.15) is 37.0 Å². The van der Waals surface area contributed by atoms with E-state index in [1.54, 1.807) is 18.7 Å². The molecular formula is C19H27ClN2O5S. The molecule has 0 N–H and O–H groups in total. The maximum atomic E-state index is 13.0. The predicted octanol–water partition coefficient (Wildman–Crippen LogP) is 2.60. The zero-order chi connectivity index (χ0) is 20.3. The van der Waals surface area contributed by atoms with Gasteiger partial charge >= 0.3 is 0 Å². The highest BCUT2D eigenvalue weighted by atomic mass is 35.5. The highest BCUT2D eigenvalue weighted by molar-refractivity contribution is 7.89. The van der Waals surface area contributed by atoms with Crippen molar-refractivity contribution in [3.05, 3.63) is 28.8 Å². The van der Waals surface area contributed by atoms with Crippen molar-refractivity contribution in [3.63, 3.8) is 0 Å². The van der Waals surface area contributed by atoms with E-state index in [1.807, 2.05) is 0 Å². The number of halogens is 1. The molecule has 2 saturated heterocycles. The van der Waals surface area contributed by atoms with Gasteiger partial charge in [0.05, 0.1) is 28.7 Å². The fourth-order valence-corrected chi connectivity index (χ4v) is 5.42. The Morgan fingerprint density at radius 1 is 1.18 bits per heavy atom. The van der Waals surface area contributed by atoms with Crippen LogP contribution in [0.3, 0.4) is 0 Å². The summed E-state index contributed by atoms with van der Waals surface area (Å²) in [6.45, 7) is 6.66. The lowest BCUT2D eigenvalue weighted by Crippen LogP contribution is -2.41. The van der Waals surface area contributed by atoms with Crippen LogP contribution >= 0.6 is 11.6 Å². The second-order valence-corrected chi connectivity index (χ2v) is 9.32. The third-order valence-corrected chi connectivity index (χ3v) is 7.75. The topological polar surface area (TPSA) is 76.2 Å². The van der Waals surface area contributed by atoms with E-state index in [0.717, 1.165) is 12.8 Å². The fraction of sp³-hybridized carbons (Fsp3) is 0.632. The summed E-state index contributed by atoms with van der Waals surface area (Å²) >= 11 is 6.24. The number of likely N-dealkylation sites (tertiary alicyclic amines) is 1. The zero-order valence-electron chi connectivity index (χ0n) is 16.3. The van der Waals surface area contributed by atoms with Gasteiger partial charge in [-0.25, -0.2) is 8.42 Å².